The van der Waals surface area contributed by atoms with Crippen molar-refractivity contribution in [3.8, 4) is 0 Å². The minimum absolute atomic E-state index is 0.0813. The van der Waals surface area contributed by atoms with Crippen LogP contribution in [0.4, 0.5) is 5.82 Å². The predicted octanol–water partition coefficient (Wildman–Crippen LogP) is 0.641. The molecule has 0 aromatic carbocycles. The van der Waals surface area contributed by atoms with E-state index in [4.69, 9.17) is 9.84 Å². The third-order valence-electron chi connectivity index (χ3n) is 3.03. The SMILES string of the molecule is Cc1cc(NC(=O)C2CCOCC2)n(CC(=O)O)n1. The summed E-state index contributed by atoms with van der Waals surface area (Å²) < 4.78 is 6.49. The minimum Gasteiger partial charge on any atom is -0.480 e. The van der Waals surface area contributed by atoms with E-state index in [1.54, 1.807) is 13.0 Å². The fourth-order valence-corrected chi connectivity index (χ4v) is 2.08. The summed E-state index contributed by atoms with van der Waals surface area (Å²) in [6, 6.07) is 1.67. The molecule has 0 aliphatic carbocycles. The van der Waals surface area contributed by atoms with Gasteiger partial charge in [-0.1, -0.05) is 0 Å². The Balaban J connectivity index is 2.05. The third-order valence-corrected chi connectivity index (χ3v) is 3.03. The number of amides is 1. The number of aliphatic carboxylic acids is 1. The van der Waals surface area contributed by atoms with Crippen molar-refractivity contribution >= 4 is 17.7 Å². The molecular weight excluding hydrogens is 250 g/mol. The predicted molar refractivity (Wildman–Crippen MR) is 66.8 cm³/mol. The summed E-state index contributed by atoms with van der Waals surface area (Å²) in [5.74, 6) is -0.752. The molecule has 2 N–H and O–H groups in total. The number of anilines is 1. The van der Waals surface area contributed by atoms with E-state index in [1.165, 1.54) is 4.68 Å². The van der Waals surface area contributed by atoms with Crippen molar-refractivity contribution in [2.75, 3.05) is 18.5 Å². The fourth-order valence-electron chi connectivity index (χ4n) is 2.08. The normalized spacial score (nSPS) is 16.3. The lowest BCUT2D eigenvalue weighted by Crippen LogP contribution is -2.29. The maximum absolute atomic E-state index is 12.1. The molecule has 1 saturated heterocycles. The number of aryl methyl sites for hydroxylation is 1. The first-order chi connectivity index (χ1) is 9.06. The van der Waals surface area contributed by atoms with Gasteiger partial charge in [0.15, 0.2) is 0 Å². The topological polar surface area (TPSA) is 93.5 Å². The molecule has 0 saturated carbocycles. The summed E-state index contributed by atoms with van der Waals surface area (Å²) in [5, 5.41) is 15.6. The molecule has 1 aliphatic rings. The van der Waals surface area contributed by atoms with E-state index in [-0.39, 0.29) is 18.4 Å². The molecule has 0 bridgehead atoms. The van der Waals surface area contributed by atoms with Crippen molar-refractivity contribution in [3.05, 3.63) is 11.8 Å². The highest BCUT2D eigenvalue weighted by molar-refractivity contribution is 5.92. The van der Waals surface area contributed by atoms with Gasteiger partial charge in [-0.2, -0.15) is 5.10 Å². The van der Waals surface area contributed by atoms with E-state index in [0.717, 1.165) is 0 Å². The second-order valence-electron chi connectivity index (χ2n) is 4.60. The molecule has 1 aliphatic heterocycles. The quantitative estimate of drug-likeness (QED) is 0.835. The molecule has 2 rings (SSSR count). The Bertz CT molecular complexity index is 477. The number of ether oxygens (including phenoxy) is 1. The average Bonchev–Trinajstić information content (AvgIpc) is 2.69. The molecule has 0 radical (unpaired) electrons. The van der Waals surface area contributed by atoms with Crippen molar-refractivity contribution < 1.29 is 19.4 Å². The van der Waals surface area contributed by atoms with Crippen LogP contribution in [0, 0.1) is 12.8 Å². The van der Waals surface area contributed by atoms with Crippen LogP contribution in [-0.4, -0.2) is 40.0 Å². The van der Waals surface area contributed by atoms with Crippen LogP contribution in [0.3, 0.4) is 0 Å². The lowest BCUT2D eigenvalue weighted by atomic mass is 9.99. The lowest BCUT2D eigenvalue weighted by molar-refractivity contribution is -0.138. The molecule has 2 heterocycles. The van der Waals surface area contributed by atoms with Gasteiger partial charge < -0.3 is 15.2 Å². The van der Waals surface area contributed by atoms with Gasteiger partial charge >= 0.3 is 5.97 Å². The van der Waals surface area contributed by atoms with E-state index in [0.29, 0.717) is 37.6 Å². The van der Waals surface area contributed by atoms with Gasteiger partial charge in [-0.25, -0.2) is 4.68 Å². The number of carboxylic acids is 1. The van der Waals surface area contributed by atoms with Gasteiger partial charge in [-0.15, -0.1) is 0 Å². The zero-order chi connectivity index (χ0) is 13.8. The number of nitrogens with zero attached hydrogens (tertiary/aromatic N) is 2. The molecule has 1 fully saturated rings. The molecular formula is C12H17N3O4. The van der Waals surface area contributed by atoms with Gasteiger partial charge in [0, 0.05) is 25.2 Å². The van der Waals surface area contributed by atoms with E-state index >= 15 is 0 Å². The van der Waals surface area contributed by atoms with Crippen molar-refractivity contribution in [2.24, 2.45) is 5.92 Å². The second-order valence-corrected chi connectivity index (χ2v) is 4.60. The van der Waals surface area contributed by atoms with Crippen molar-refractivity contribution in [1.82, 2.24) is 9.78 Å². The highest BCUT2D eigenvalue weighted by atomic mass is 16.5. The average molecular weight is 267 g/mol. The number of hydrogen-bond acceptors (Lipinski definition) is 4. The lowest BCUT2D eigenvalue weighted by Gasteiger charge is -2.21. The number of carbonyl (C=O) groups is 2. The molecule has 7 heteroatoms. The number of carboxylic acid groups (broad SMARTS) is 1. The van der Waals surface area contributed by atoms with Gasteiger partial charge in [0.1, 0.15) is 12.4 Å². The van der Waals surface area contributed by atoms with Gasteiger partial charge in [-0.3, -0.25) is 9.59 Å². The van der Waals surface area contributed by atoms with Gasteiger partial charge in [0.2, 0.25) is 5.91 Å². The van der Waals surface area contributed by atoms with Crippen molar-refractivity contribution in [1.29, 1.82) is 0 Å². The largest absolute Gasteiger partial charge is 0.480 e. The molecule has 1 aromatic rings. The maximum Gasteiger partial charge on any atom is 0.325 e. The molecule has 1 aromatic heterocycles. The van der Waals surface area contributed by atoms with Crippen molar-refractivity contribution in [3.63, 3.8) is 0 Å². The van der Waals surface area contributed by atoms with E-state index in [2.05, 4.69) is 10.4 Å². The molecule has 104 valence electrons. The number of aromatic nitrogens is 2. The summed E-state index contributed by atoms with van der Waals surface area (Å²) in [6.45, 7) is 2.66. The van der Waals surface area contributed by atoms with Crippen LogP contribution in [0.15, 0.2) is 6.07 Å². The Morgan fingerprint density at radius 1 is 1.53 bits per heavy atom. The van der Waals surface area contributed by atoms with Crippen LogP contribution in [0.2, 0.25) is 0 Å². The van der Waals surface area contributed by atoms with Crippen molar-refractivity contribution in [2.45, 2.75) is 26.3 Å². The van der Waals surface area contributed by atoms with Gasteiger partial charge in [0.05, 0.1) is 5.69 Å². The minimum atomic E-state index is -0.996. The van der Waals surface area contributed by atoms with E-state index < -0.39 is 5.97 Å². The summed E-state index contributed by atoms with van der Waals surface area (Å²) in [4.78, 5) is 22.8. The van der Waals surface area contributed by atoms with Crippen LogP contribution in [0.25, 0.3) is 0 Å². The number of carbonyl (C=O) groups excluding carboxylic acids is 1. The van der Waals surface area contributed by atoms with Crippen LogP contribution in [0.5, 0.6) is 0 Å². The van der Waals surface area contributed by atoms with E-state index in [1.807, 2.05) is 0 Å². The first-order valence-electron chi connectivity index (χ1n) is 6.21. The zero-order valence-electron chi connectivity index (χ0n) is 10.8. The molecule has 19 heavy (non-hydrogen) atoms. The molecule has 7 nitrogen and oxygen atoms in total. The fraction of sp³-hybridized carbons (Fsp3) is 0.583. The Kier molecular flexibility index (Phi) is 4.16. The Hall–Kier alpha value is -1.89. The van der Waals surface area contributed by atoms with Crippen LogP contribution < -0.4 is 5.32 Å². The molecule has 0 spiro atoms. The Labute approximate surface area is 110 Å². The second kappa shape index (κ2) is 5.83. The number of nitrogens with one attached hydrogen (secondary N) is 1. The third kappa shape index (κ3) is 3.54. The summed E-state index contributed by atoms with van der Waals surface area (Å²) >= 11 is 0. The first-order valence-corrected chi connectivity index (χ1v) is 6.21. The van der Waals surface area contributed by atoms with Crippen LogP contribution in [-0.2, 0) is 20.9 Å². The molecule has 0 unspecified atom stereocenters. The Morgan fingerprint density at radius 3 is 2.84 bits per heavy atom. The first kappa shape index (κ1) is 13.5. The Morgan fingerprint density at radius 2 is 2.21 bits per heavy atom. The summed E-state index contributed by atoms with van der Waals surface area (Å²) in [5.41, 5.74) is 0.670. The van der Waals surface area contributed by atoms with Gasteiger partial charge in [-0.05, 0) is 19.8 Å². The highest BCUT2D eigenvalue weighted by Crippen LogP contribution is 2.18. The van der Waals surface area contributed by atoms with E-state index in [9.17, 15) is 9.59 Å². The molecule has 0 atom stereocenters. The maximum atomic E-state index is 12.1. The highest BCUT2D eigenvalue weighted by Gasteiger charge is 2.23. The smallest absolute Gasteiger partial charge is 0.325 e. The molecule has 1 amide bonds. The van der Waals surface area contributed by atoms with Crippen LogP contribution in [0.1, 0.15) is 18.5 Å². The summed E-state index contributed by atoms with van der Waals surface area (Å²) in [7, 11) is 0. The standard InChI is InChI=1S/C12H17N3O4/c1-8-6-10(15(14-8)7-11(16)17)13-12(18)9-2-4-19-5-3-9/h6,9H,2-5,7H2,1H3,(H,13,18)(H,16,17). The van der Waals surface area contributed by atoms with Gasteiger partial charge in [0.25, 0.3) is 0 Å². The number of rotatable bonds is 4. The van der Waals surface area contributed by atoms with Crippen LogP contribution >= 0.6 is 0 Å². The number of hydrogen-bond donors (Lipinski definition) is 2. The summed E-state index contributed by atoms with van der Waals surface area (Å²) in [6.07, 6.45) is 1.38. The zero-order valence-corrected chi connectivity index (χ0v) is 10.8. The monoisotopic (exact) mass is 267 g/mol.